The minimum Gasteiger partial charge on any atom is -0.237 e. The Bertz CT molecular complexity index is 465. The molecule has 0 heterocycles. The van der Waals surface area contributed by atoms with Gasteiger partial charge in [0, 0.05) is 5.02 Å². The fourth-order valence-electron chi connectivity index (χ4n) is 1.70. The molecule has 2 heteroatoms. The van der Waals surface area contributed by atoms with Crippen molar-refractivity contribution < 1.29 is 5.11 Å². The summed E-state index contributed by atoms with van der Waals surface area (Å²) in [6, 6.07) is 12.1. The molecule has 0 saturated heterocycles. The summed E-state index contributed by atoms with van der Waals surface area (Å²) in [7, 11) is 0. The van der Waals surface area contributed by atoms with E-state index >= 15 is 0 Å². The third-order valence-corrected chi connectivity index (χ3v) is 2.71. The second-order valence-electron chi connectivity index (χ2n) is 3.63. The monoisotopic (exact) mass is 219 g/mol. The molecule has 77 valence electrons. The first kappa shape index (κ1) is 10.5. The van der Waals surface area contributed by atoms with Gasteiger partial charge in [-0.2, -0.15) is 0 Å². The first-order valence-corrected chi connectivity index (χ1v) is 5.44. The van der Waals surface area contributed by atoms with Gasteiger partial charge in [-0.1, -0.05) is 35.9 Å². The molecule has 1 radical (unpaired) electrons. The smallest absolute Gasteiger partial charge is 0.0825 e. The van der Waals surface area contributed by atoms with Crippen LogP contribution in [0, 0.1) is 0 Å². The summed E-state index contributed by atoms with van der Waals surface area (Å²) in [5.41, 5.74) is 1.22. The summed E-state index contributed by atoms with van der Waals surface area (Å²) >= 11 is 5.90. The number of benzene rings is 2. The van der Waals surface area contributed by atoms with Crippen molar-refractivity contribution in [2.45, 2.75) is 12.8 Å². The normalized spacial score (nSPS) is 10.8. The number of halogens is 1. The SMILES string of the molecule is [O]CCCc1ccc2cc(Cl)ccc2c1. The molecule has 0 aliphatic carbocycles. The summed E-state index contributed by atoms with van der Waals surface area (Å²) < 4.78 is 0. The highest BCUT2D eigenvalue weighted by Gasteiger charge is 1.97. The van der Waals surface area contributed by atoms with Crippen LogP contribution in [-0.4, -0.2) is 6.61 Å². The van der Waals surface area contributed by atoms with E-state index in [4.69, 9.17) is 11.6 Å². The lowest BCUT2D eigenvalue weighted by Crippen LogP contribution is -1.88. The Morgan fingerprint density at radius 1 is 1.00 bits per heavy atom. The van der Waals surface area contributed by atoms with Gasteiger partial charge in [-0.25, -0.2) is 5.11 Å². The summed E-state index contributed by atoms with van der Waals surface area (Å²) in [6.45, 7) is -0.00133. The predicted molar refractivity (Wildman–Crippen MR) is 62.8 cm³/mol. The molecule has 2 rings (SSSR count). The largest absolute Gasteiger partial charge is 0.237 e. The summed E-state index contributed by atoms with van der Waals surface area (Å²) in [4.78, 5) is 0. The lowest BCUT2D eigenvalue weighted by Gasteiger charge is -2.02. The molecule has 0 saturated carbocycles. The van der Waals surface area contributed by atoms with Crippen LogP contribution in [0.25, 0.3) is 10.8 Å². The van der Waals surface area contributed by atoms with E-state index in [1.54, 1.807) is 0 Å². The minimum atomic E-state index is -0.00133. The topological polar surface area (TPSA) is 19.9 Å². The van der Waals surface area contributed by atoms with Crippen LogP contribution in [0.2, 0.25) is 5.02 Å². The summed E-state index contributed by atoms with van der Waals surface area (Å²) in [5, 5.41) is 13.5. The Hall–Kier alpha value is -1.05. The van der Waals surface area contributed by atoms with E-state index in [2.05, 4.69) is 18.2 Å². The molecule has 2 aromatic rings. The van der Waals surface area contributed by atoms with Crippen molar-refractivity contribution in [2.24, 2.45) is 0 Å². The Labute approximate surface area is 94.3 Å². The molecular weight excluding hydrogens is 208 g/mol. The Kier molecular flexibility index (Phi) is 3.24. The van der Waals surface area contributed by atoms with Gasteiger partial charge in [-0.3, -0.25) is 0 Å². The average molecular weight is 220 g/mol. The number of hydrogen-bond donors (Lipinski definition) is 0. The molecule has 0 atom stereocenters. The van der Waals surface area contributed by atoms with E-state index < -0.39 is 0 Å². The quantitative estimate of drug-likeness (QED) is 0.747. The zero-order chi connectivity index (χ0) is 10.7. The van der Waals surface area contributed by atoms with Gasteiger partial charge < -0.3 is 0 Å². The Balaban J connectivity index is 2.34. The van der Waals surface area contributed by atoms with E-state index in [9.17, 15) is 5.11 Å². The van der Waals surface area contributed by atoms with Crippen molar-refractivity contribution >= 4 is 22.4 Å². The lowest BCUT2D eigenvalue weighted by atomic mass is 10.0. The number of rotatable bonds is 3. The Morgan fingerprint density at radius 3 is 2.53 bits per heavy atom. The highest BCUT2D eigenvalue weighted by molar-refractivity contribution is 6.31. The van der Waals surface area contributed by atoms with Crippen molar-refractivity contribution in [3.05, 3.63) is 47.0 Å². The molecule has 0 fully saturated rings. The summed E-state index contributed by atoms with van der Waals surface area (Å²) in [6.07, 6.45) is 1.57. The van der Waals surface area contributed by atoms with E-state index in [0.29, 0.717) is 6.42 Å². The van der Waals surface area contributed by atoms with Crippen molar-refractivity contribution in [1.29, 1.82) is 0 Å². The predicted octanol–water partition coefficient (Wildman–Crippen LogP) is 3.86. The minimum absolute atomic E-state index is 0.00133. The van der Waals surface area contributed by atoms with E-state index in [1.165, 1.54) is 10.9 Å². The Morgan fingerprint density at radius 2 is 1.73 bits per heavy atom. The van der Waals surface area contributed by atoms with Crippen LogP contribution in [0.5, 0.6) is 0 Å². The maximum absolute atomic E-state index is 10.4. The maximum Gasteiger partial charge on any atom is 0.0825 e. The van der Waals surface area contributed by atoms with Crippen molar-refractivity contribution in [1.82, 2.24) is 0 Å². The fraction of sp³-hybridized carbons (Fsp3) is 0.231. The molecule has 0 unspecified atom stereocenters. The second kappa shape index (κ2) is 4.65. The van der Waals surface area contributed by atoms with Crippen molar-refractivity contribution in [2.75, 3.05) is 6.61 Å². The van der Waals surface area contributed by atoms with E-state index in [1.807, 2.05) is 18.2 Å². The number of aryl methyl sites for hydroxylation is 1. The lowest BCUT2D eigenvalue weighted by molar-refractivity contribution is 0.189. The van der Waals surface area contributed by atoms with Gasteiger partial charge in [0.25, 0.3) is 0 Å². The molecule has 1 nitrogen and oxygen atoms in total. The molecule has 0 spiro atoms. The van der Waals surface area contributed by atoms with E-state index in [0.717, 1.165) is 16.8 Å². The second-order valence-corrected chi connectivity index (χ2v) is 4.07. The van der Waals surface area contributed by atoms with Crippen molar-refractivity contribution in [3.63, 3.8) is 0 Å². The van der Waals surface area contributed by atoms with Gasteiger partial charge in [-0.15, -0.1) is 0 Å². The maximum atomic E-state index is 10.4. The third kappa shape index (κ3) is 2.49. The van der Waals surface area contributed by atoms with Crippen LogP contribution in [-0.2, 0) is 11.5 Å². The van der Waals surface area contributed by atoms with Crippen LogP contribution in [0.15, 0.2) is 36.4 Å². The molecule has 0 aliphatic rings. The molecule has 0 bridgehead atoms. The van der Waals surface area contributed by atoms with Gasteiger partial charge in [-0.05, 0) is 41.3 Å². The molecular formula is C13H12ClO. The zero-order valence-electron chi connectivity index (χ0n) is 8.37. The highest BCUT2D eigenvalue weighted by atomic mass is 35.5. The average Bonchev–Trinajstić information content (AvgIpc) is 2.26. The van der Waals surface area contributed by atoms with Crippen LogP contribution >= 0.6 is 11.6 Å². The first-order valence-electron chi connectivity index (χ1n) is 5.06. The zero-order valence-corrected chi connectivity index (χ0v) is 9.13. The molecule has 15 heavy (non-hydrogen) atoms. The third-order valence-electron chi connectivity index (χ3n) is 2.48. The van der Waals surface area contributed by atoms with Crippen LogP contribution in [0.3, 0.4) is 0 Å². The molecule has 0 amide bonds. The van der Waals surface area contributed by atoms with Gasteiger partial charge in [0.05, 0.1) is 6.61 Å². The van der Waals surface area contributed by atoms with Crippen LogP contribution < -0.4 is 0 Å². The number of fused-ring (bicyclic) bond motifs is 1. The van der Waals surface area contributed by atoms with Gasteiger partial charge in [0.2, 0.25) is 0 Å². The van der Waals surface area contributed by atoms with Crippen molar-refractivity contribution in [3.8, 4) is 0 Å². The molecule has 0 aliphatic heterocycles. The standard InChI is InChI=1S/C13H12ClO/c14-13-6-5-11-8-10(2-1-7-15)3-4-12(11)9-13/h3-6,8-9H,1-2,7H2. The van der Waals surface area contributed by atoms with Crippen LogP contribution in [0.1, 0.15) is 12.0 Å². The number of hydrogen-bond acceptors (Lipinski definition) is 0. The first-order chi connectivity index (χ1) is 7.29. The molecule has 0 aromatic heterocycles. The molecule has 2 aromatic carbocycles. The van der Waals surface area contributed by atoms with Gasteiger partial charge in [0.15, 0.2) is 0 Å². The van der Waals surface area contributed by atoms with E-state index in [-0.39, 0.29) is 6.61 Å². The van der Waals surface area contributed by atoms with Gasteiger partial charge >= 0.3 is 0 Å². The molecule has 0 N–H and O–H groups in total. The van der Waals surface area contributed by atoms with Gasteiger partial charge in [0.1, 0.15) is 0 Å². The fourth-order valence-corrected chi connectivity index (χ4v) is 1.88. The highest BCUT2D eigenvalue weighted by Crippen LogP contribution is 2.21. The van der Waals surface area contributed by atoms with Crippen LogP contribution in [0.4, 0.5) is 0 Å². The summed E-state index contributed by atoms with van der Waals surface area (Å²) in [5.74, 6) is 0.